The molecule has 0 saturated heterocycles. The van der Waals surface area contributed by atoms with Gasteiger partial charge in [0.25, 0.3) is 0 Å². The van der Waals surface area contributed by atoms with Crippen LogP contribution in [0.2, 0.25) is 5.02 Å². The van der Waals surface area contributed by atoms with E-state index >= 15 is 0 Å². The number of nitrogen functional groups attached to an aromatic ring is 1. The van der Waals surface area contributed by atoms with Crippen LogP contribution in [0.3, 0.4) is 0 Å². The molecule has 1 fully saturated rings. The molecule has 0 radical (unpaired) electrons. The number of anilines is 1. The first-order valence-corrected chi connectivity index (χ1v) is 6.27. The maximum Gasteiger partial charge on any atom is 0.338 e. The van der Waals surface area contributed by atoms with E-state index in [1.54, 1.807) is 18.2 Å². The van der Waals surface area contributed by atoms with Gasteiger partial charge in [-0.05, 0) is 37.0 Å². The number of hydrogen-bond donors (Lipinski definition) is 1. The zero-order chi connectivity index (χ0) is 12.3. The minimum atomic E-state index is -0.321. The largest absolute Gasteiger partial charge is 0.462 e. The SMILES string of the molecule is Nc1ccc(C(=O)OCC2CCCC2)cc1Cl. The van der Waals surface area contributed by atoms with E-state index in [9.17, 15) is 4.79 Å². The number of hydrogen-bond acceptors (Lipinski definition) is 3. The molecule has 0 heterocycles. The molecular weight excluding hydrogens is 238 g/mol. The summed E-state index contributed by atoms with van der Waals surface area (Å²) >= 11 is 5.85. The Labute approximate surface area is 106 Å². The van der Waals surface area contributed by atoms with E-state index < -0.39 is 0 Å². The lowest BCUT2D eigenvalue weighted by molar-refractivity contribution is 0.0442. The smallest absolute Gasteiger partial charge is 0.338 e. The molecule has 0 aromatic heterocycles. The summed E-state index contributed by atoms with van der Waals surface area (Å²) in [5.74, 6) is 0.210. The number of carbonyl (C=O) groups excluding carboxylic acids is 1. The summed E-state index contributed by atoms with van der Waals surface area (Å²) in [6, 6.07) is 4.81. The Bertz CT molecular complexity index is 414. The van der Waals surface area contributed by atoms with Crippen molar-refractivity contribution in [3.63, 3.8) is 0 Å². The molecule has 3 nitrogen and oxygen atoms in total. The number of nitrogens with two attached hydrogens (primary N) is 1. The van der Waals surface area contributed by atoms with Gasteiger partial charge in [0, 0.05) is 0 Å². The third-order valence-corrected chi connectivity index (χ3v) is 3.49. The molecule has 0 aliphatic heterocycles. The second kappa shape index (κ2) is 5.41. The summed E-state index contributed by atoms with van der Waals surface area (Å²) in [5.41, 5.74) is 6.51. The fourth-order valence-electron chi connectivity index (χ4n) is 2.11. The predicted octanol–water partition coefficient (Wildman–Crippen LogP) is 3.27. The van der Waals surface area contributed by atoms with E-state index in [2.05, 4.69) is 0 Å². The molecule has 17 heavy (non-hydrogen) atoms. The molecule has 0 spiro atoms. The Kier molecular flexibility index (Phi) is 3.89. The Morgan fingerprint density at radius 2 is 2.12 bits per heavy atom. The summed E-state index contributed by atoms with van der Waals surface area (Å²) in [4.78, 5) is 11.7. The van der Waals surface area contributed by atoms with Crippen LogP contribution < -0.4 is 5.73 Å². The van der Waals surface area contributed by atoms with Crippen molar-refractivity contribution < 1.29 is 9.53 Å². The van der Waals surface area contributed by atoms with Gasteiger partial charge in [-0.25, -0.2) is 4.79 Å². The molecule has 4 heteroatoms. The summed E-state index contributed by atoms with van der Waals surface area (Å²) in [6.45, 7) is 0.515. The van der Waals surface area contributed by atoms with Gasteiger partial charge < -0.3 is 10.5 Å². The molecule has 1 aliphatic carbocycles. The standard InChI is InChI=1S/C13H16ClNO2/c14-11-7-10(5-6-12(11)15)13(16)17-8-9-3-1-2-4-9/h5-7,9H,1-4,8,15H2. The van der Waals surface area contributed by atoms with Crippen molar-refractivity contribution >= 4 is 23.3 Å². The van der Waals surface area contributed by atoms with E-state index in [0.717, 1.165) is 12.8 Å². The van der Waals surface area contributed by atoms with Gasteiger partial charge in [-0.15, -0.1) is 0 Å². The molecule has 92 valence electrons. The highest BCUT2D eigenvalue weighted by Gasteiger charge is 2.17. The van der Waals surface area contributed by atoms with Crippen molar-refractivity contribution in [1.82, 2.24) is 0 Å². The van der Waals surface area contributed by atoms with Crippen molar-refractivity contribution in [1.29, 1.82) is 0 Å². The first-order valence-electron chi connectivity index (χ1n) is 5.89. The Hall–Kier alpha value is -1.22. The first kappa shape index (κ1) is 12.2. The molecular formula is C13H16ClNO2. The lowest BCUT2D eigenvalue weighted by Gasteiger charge is -2.10. The molecule has 1 aromatic rings. The van der Waals surface area contributed by atoms with Gasteiger partial charge in [0.05, 0.1) is 22.9 Å². The Balaban J connectivity index is 1.92. The fraction of sp³-hybridized carbons (Fsp3) is 0.462. The number of halogens is 1. The van der Waals surface area contributed by atoms with Crippen molar-refractivity contribution in [2.45, 2.75) is 25.7 Å². The van der Waals surface area contributed by atoms with Gasteiger partial charge in [0.2, 0.25) is 0 Å². The van der Waals surface area contributed by atoms with E-state index in [1.165, 1.54) is 12.8 Å². The normalized spacial score (nSPS) is 16.1. The van der Waals surface area contributed by atoms with Crippen molar-refractivity contribution in [2.75, 3.05) is 12.3 Å². The van der Waals surface area contributed by atoms with E-state index in [0.29, 0.717) is 28.8 Å². The molecule has 1 aliphatic rings. The van der Waals surface area contributed by atoms with Crippen LogP contribution >= 0.6 is 11.6 Å². The van der Waals surface area contributed by atoms with Gasteiger partial charge in [-0.1, -0.05) is 24.4 Å². The number of benzene rings is 1. The van der Waals surface area contributed by atoms with Gasteiger partial charge in [0.15, 0.2) is 0 Å². The van der Waals surface area contributed by atoms with Gasteiger partial charge >= 0.3 is 5.97 Å². The zero-order valence-corrected chi connectivity index (χ0v) is 10.4. The molecule has 1 aromatic carbocycles. The quantitative estimate of drug-likeness (QED) is 0.664. The third kappa shape index (κ3) is 3.13. The summed E-state index contributed by atoms with van der Waals surface area (Å²) in [6.07, 6.45) is 4.82. The number of carbonyl (C=O) groups is 1. The first-order chi connectivity index (χ1) is 8.16. The zero-order valence-electron chi connectivity index (χ0n) is 9.62. The molecule has 0 bridgehead atoms. The highest BCUT2D eigenvalue weighted by atomic mass is 35.5. The molecule has 2 rings (SSSR count). The average Bonchev–Trinajstić information content (AvgIpc) is 2.82. The van der Waals surface area contributed by atoms with Crippen molar-refractivity contribution in [2.24, 2.45) is 5.92 Å². The monoisotopic (exact) mass is 253 g/mol. The van der Waals surface area contributed by atoms with Crippen LogP contribution in [0.15, 0.2) is 18.2 Å². The van der Waals surface area contributed by atoms with Crippen LogP contribution in [0.25, 0.3) is 0 Å². The summed E-state index contributed by atoms with van der Waals surface area (Å²) in [7, 11) is 0. The highest BCUT2D eigenvalue weighted by Crippen LogP contribution is 2.25. The molecule has 0 unspecified atom stereocenters. The van der Waals surface area contributed by atoms with Gasteiger partial charge in [0.1, 0.15) is 0 Å². The number of esters is 1. The molecule has 0 atom stereocenters. The number of rotatable bonds is 3. The highest BCUT2D eigenvalue weighted by molar-refractivity contribution is 6.33. The minimum absolute atomic E-state index is 0.321. The van der Waals surface area contributed by atoms with Crippen molar-refractivity contribution in [3.8, 4) is 0 Å². The number of ether oxygens (including phenoxy) is 1. The second-order valence-electron chi connectivity index (χ2n) is 4.49. The Morgan fingerprint density at radius 1 is 1.41 bits per heavy atom. The van der Waals surface area contributed by atoms with Crippen molar-refractivity contribution in [3.05, 3.63) is 28.8 Å². The second-order valence-corrected chi connectivity index (χ2v) is 4.89. The van der Waals surface area contributed by atoms with Crippen LogP contribution in [0.4, 0.5) is 5.69 Å². The van der Waals surface area contributed by atoms with Crippen LogP contribution in [-0.2, 0) is 4.74 Å². The Morgan fingerprint density at radius 3 is 2.76 bits per heavy atom. The van der Waals surface area contributed by atoms with E-state index in [4.69, 9.17) is 22.1 Å². The van der Waals surface area contributed by atoms with Crippen LogP contribution in [0, 0.1) is 5.92 Å². The molecule has 2 N–H and O–H groups in total. The predicted molar refractivity (Wildman–Crippen MR) is 68.1 cm³/mol. The lowest BCUT2D eigenvalue weighted by atomic mass is 10.1. The van der Waals surface area contributed by atoms with E-state index in [1.807, 2.05) is 0 Å². The van der Waals surface area contributed by atoms with Gasteiger partial charge in [-0.2, -0.15) is 0 Å². The fourth-order valence-corrected chi connectivity index (χ4v) is 2.29. The molecule has 0 amide bonds. The average molecular weight is 254 g/mol. The maximum absolute atomic E-state index is 11.7. The summed E-state index contributed by atoms with van der Waals surface area (Å²) in [5, 5.41) is 0.389. The minimum Gasteiger partial charge on any atom is -0.462 e. The molecule has 1 saturated carbocycles. The third-order valence-electron chi connectivity index (χ3n) is 3.16. The van der Waals surface area contributed by atoms with Crippen LogP contribution in [-0.4, -0.2) is 12.6 Å². The summed E-state index contributed by atoms with van der Waals surface area (Å²) < 4.78 is 5.27. The van der Waals surface area contributed by atoms with Gasteiger partial charge in [-0.3, -0.25) is 0 Å². The van der Waals surface area contributed by atoms with Crippen LogP contribution in [0.1, 0.15) is 36.0 Å². The van der Waals surface area contributed by atoms with Crippen LogP contribution in [0.5, 0.6) is 0 Å². The maximum atomic E-state index is 11.7. The topological polar surface area (TPSA) is 52.3 Å². The van der Waals surface area contributed by atoms with E-state index in [-0.39, 0.29) is 5.97 Å². The lowest BCUT2D eigenvalue weighted by Crippen LogP contribution is -2.12.